The molecule has 2 N–H and O–H groups in total. The largest absolute Gasteiger partial charge is 0.489 e. The van der Waals surface area contributed by atoms with E-state index in [1.54, 1.807) is 36.4 Å². The Labute approximate surface area is 123 Å². The molecule has 0 fully saturated rings. The first-order chi connectivity index (χ1) is 9.86. The van der Waals surface area contributed by atoms with E-state index in [9.17, 15) is 8.42 Å². The predicted octanol–water partition coefficient (Wildman–Crippen LogP) is 0.349. The molecular formula is C14H15BO5S. The van der Waals surface area contributed by atoms with Crippen LogP contribution in [-0.4, -0.2) is 31.8 Å². The van der Waals surface area contributed by atoms with E-state index in [-0.39, 0.29) is 11.5 Å². The van der Waals surface area contributed by atoms with Gasteiger partial charge < -0.3 is 14.8 Å². The number of ether oxygens (including phenoxy) is 1. The van der Waals surface area contributed by atoms with Gasteiger partial charge in [0.05, 0.1) is 4.90 Å². The molecule has 110 valence electrons. The fraction of sp³-hybridized carbons (Fsp3) is 0.143. The molecule has 0 heterocycles. The molecule has 0 spiro atoms. The van der Waals surface area contributed by atoms with E-state index in [1.165, 1.54) is 12.1 Å². The first-order valence-corrected chi connectivity index (χ1v) is 8.13. The van der Waals surface area contributed by atoms with Crippen molar-refractivity contribution in [1.29, 1.82) is 0 Å². The minimum absolute atomic E-state index is 0.207. The van der Waals surface area contributed by atoms with Crippen LogP contribution in [0.4, 0.5) is 0 Å². The van der Waals surface area contributed by atoms with Crippen LogP contribution in [0.3, 0.4) is 0 Å². The van der Waals surface area contributed by atoms with Crippen LogP contribution in [0.2, 0.25) is 0 Å². The zero-order chi connectivity index (χ0) is 15.5. The first-order valence-electron chi connectivity index (χ1n) is 6.24. The molecule has 2 rings (SSSR count). The number of hydrogen-bond acceptors (Lipinski definition) is 5. The van der Waals surface area contributed by atoms with Crippen LogP contribution in [0, 0.1) is 0 Å². The van der Waals surface area contributed by atoms with Gasteiger partial charge in [-0.1, -0.05) is 30.3 Å². The summed E-state index contributed by atoms with van der Waals surface area (Å²) in [4.78, 5) is 0.207. The lowest BCUT2D eigenvalue weighted by Crippen LogP contribution is -2.29. The Kier molecular flexibility index (Phi) is 4.67. The highest BCUT2D eigenvalue weighted by Gasteiger charge is 2.10. The van der Waals surface area contributed by atoms with Crippen molar-refractivity contribution in [2.45, 2.75) is 11.5 Å². The monoisotopic (exact) mass is 306 g/mol. The van der Waals surface area contributed by atoms with E-state index >= 15 is 0 Å². The summed E-state index contributed by atoms with van der Waals surface area (Å²) in [6.45, 7) is 0.259. The molecule has 0 aliphatic carbocycles. The predicted molar refractivity (Wildman–Crippen MR) is 80.2 cm³/mol. The highest BCUT2D eigenvalue weighted by atomic mass is 32.2. The fourth-order valence-corrected chi connectivity index (χ4v) is 2.40. The molecule has 0 aliphatic rings. The van der Waals surface area contributed by atoms with Crippen molar-refractivity contribution in [3.63, 3.8) is 0 Å². The van der Waals surface area contributed by atoms with E-state index in [4.69, 9.17) is 14.8 Å². The molecule has 0 unspecified atom stereocenters. The van der Waals surface area contributed by atoms with Crippen LogP contribution in [0.15, 0.2) is 53.4 Å². The molecule has 0 saturated heterocycles. The fourth-order valence-electron chi connectivity index (χ4n) is 1.75. The summed E-state index contributed by atoms with van der Waals surface area (Å²) in [6.07, 6.45) is 1.14. The molecular weight excluding hydrogens is 291 g/mol. The van der Waals surface area contributed by atoms with Crippen molar-refractivity contribution >= 4 is 22.4 Å². The maximum Gasteiger partial charge on any atom is 0.488 e. The van der Waals surface area contributed by atoms with Crippen molar-refractivity contribution < 1.29 is 23.2 Å². The summed E-state index contributed by atoms with van der Waals surface area (Å²) in [5.74, 6) is 0.462. The van der Waals surface area contributed by atoms with Crippen LogP contribution in [0.1, 0.15) is 5.56 Å². The summed E-state index contributed by atoms with van der Waals surface area (Å²) < 4.78 is 28.5. The molecule has 5 nitrogen and oxygen atoms in total. The first kappa shape index (κ1) is 15.6. The average molecular weight is 306 g/mol. The van der Waals surface area contributed by atoms with Gasteiger partial charge in [-0.05, 0) is 29.2 Å². The van der Waals surface area contributed by atoms with Crippen molar-refractivity contribution in [3.05, 3.63) is 54.1 Å². The van der Waals surface area contributed by atoms with E-state index in [2.05, 4.69) is 0 Å². The standard InChI is InChI=1S/C14H15BO5S/c1-21(18,19)14-4-2-3-13(9-14)20-10-11-5-7-12(8-6-11)15(16)17/h2-9,16-17H,10H2,1H3. The lowest BCUT2D eigenvalue weighted by atomic mass is 9.80. The molecule has 2 aromatic rings. The van der Waals surface area contributed by atoms with Gasteiger partial charge >= 0.3 is 7.12 Å². The minimum Gasteiger partial charge on any atom is -0.489 e. The number of benzene rings is 2. The number of hydrogen-bond donors (Lipinski definition) is 2. The van der Waals surface area contributed by atoms with Crippen LogP contribution < -0.4 is 10.2 Å². The van der Waals surface area contributed by atoms with Gasteiger partial charge in [0.1, 0.15) is 12.4 Å². The van der Waals surface area contributed by atoms with Gasteiger partial charge in [0.15, 0.2) is 9.84 Å². The van der Waals surface area contributed by atoms with Crippen molar-refractivity contribution in [2.24, 2.45) is 0 Å². The lowest BCUT2D eigenvalue weighted by molar-refractivity contribution is 0.305. The topological polar surface area (TPSA) is 83.8 Å². The van der Waals surface area contributed by atoms with E-state index in [1.807, 2.05) is 0 Å². The van der Waals surface area contributed by atoms with E-state index in [0.717, 1.165) is 11.8 Å². The maximum absolute atomic E-state index is 11.5. The Morgan fingerprint density at radius 1 is 1.10 bits per heavy atom. The number of sulfone groups is 1. The zero-order valence-electron chi connectivity index (χ0n) is 11.4. The molecule has 21 heavy (non-hydrogen) atoms. The summed E-state index contributed by atoms with van der Waals surface area (Å²) in [6, 6.07) is 12.9. The molecule has 0 bridgehead atoms. The highest BCUT2D eigenvalue weighted by molar-refractivity contribution is 7.90. The second-order valence-corrected chi connectivity index (χ2v) is 6.67. The SMILES string of the molecule is CS(=O)(=O)c1cccc(OCc2ccc(B(O)O)cc2)c1. The van der Waals surface area contributed by atoms with Gasteiger partial charge in [-0.3, -0.25) is 0 Å². The Morgan fingerprint density at radius 3 is 2.33 bits per heavy atom. The molecule has 0 aliphatic heterocycles. The van der Waals surface area contributed by atoms with Crippen LogP contribution in [0.5, 0.6) is 5.75 Å². The number of rotatable bonds is 5. The molecule has 0 saturated carbocycles. The molecule has 0 atom stereocenters. The summed E-state index contributed by atoms with van der Waals surface area (Å²) in [7, 11) is -4.75. The van der Waals surface area contributed by atoms with E-state index in [0.29, 0.717) is 11.2 Å². The maximum atomic E-state index is 11.5. The molecule has 0 aromatic heterocycles. The van der Waals surface area contributed by atoms with Crippen molar-refractivity contribution in [2.75, 3.05) is 6.26 Å². The highest BCUT2D eigenvalue weighted by Crippen LogP contribution is 2.18. The van der Waals surface area contributed by atoms with E-state index < -0.39 is 17.0 Å². The Balaban J connectivity index is 2.06. The zero-order valence-corrected chi connectivity index (χ0v) is 12.2. The smallest absolute Gasteiger partial charge is 0.488 e. The van der Waals surface area contributed by atoms with Gasteiger partial charge in [0.25, 0.3) is 0 Å². The Hall–Kier alpha value is -1.83. The third-order valence-corrected chi connectivity index (χ3v) is 4.03. The minimum atomic E-state index is -3.26. The Bertz CT molecular complexity index is 710. The lowest BCUT2D eigenvalue weighted by Gasteiger charge is -2.08. The summed E-state index contributed by atoms with van der Waals surface area (Å²) in [5, 5.41) is 18.0. The van der Waals surface area contributed by atoms with Gasteiger partial charge in [0, 0.05) is 6.26 Å². The van der Waals surface area contributed by atoms with Gasteiger partial charge in [-0.25, -0.2) is 8.42 Å². The quantitative estimate of drug-likeness (QED) is 0.779. The normalized spacial score (nSPS) is 11.2. The third-order valence-electron chi connectivity index (χ3n) is 2.92. The average Bonchev–Trinajstić information content (AvgIpc) is 2.45. The Morgan fingerprint density at radius 2 is 1.76 bits per heavy atom. The molecule has 7 heteroatoms. The van der Waals surface area contributed by atoms with Crippen LogP contribution >= 0.6 is 0 Å². The second kappa shape index (κ2) is 6.30. The summed E-state index contributed by atoms with van der Waals surface area (Å²) >= 11 is 0. The molecule has 0 amide bonds. The second-order valence-electron chi connectivity index (χ2n) is 4.65. The van der Waals surface area contributed by atoms with Crippen LogP contribution in [0.25, 0.3) is 0 Å². The van der Waals surface area contributed by atoms with Gasteiger partial charge in [-0.2, -0.15) is 0 Å². The molecule has 0 radical (unpaired) electrons. The van der Waals surface area contributed by atoms with Gasteiger partial charge in [0.2, 0.25) is 0 Å². The van der Waals surface area contributed by atoms with Gasteiger partial charge in [-0.15, -0.1) is 0 Å². The van der Waals surface area contributed by atoms with Crippen molar-refractivity contribution in [3.8, 4) is 5.75 Å². The van der Waals surface area contributed by atoms with Crippen molar-refractivity contribution in [1.82, 2.24) is 0 Å². The molecule has 2 aromatic carbocycles. The summed E-state index contributed by atoms with van der Waals surface area (Å²) in [5.41, 5.74) is 1.24. The van der Waals surface area contributed by atoms with Crippen LogP contribution in [-0.2, 0) is 16.4 Å². The third kappa shape index (κ3) is 4.32.